The molecule has 0 aliphatic carbocycles. The summed E-state index contributed by atoms with van der Waals surface area (Å²) < 4.78 is 13.3. The van der Waals surface area contributed by atoms with Crippen LogP contribution >= 0.6 is 0 Å². The maximum atomic E-state index is 13.3. The number of aromatic nitrogens is 1. The van der Waals surface area contributed by atoms with E-state index < -0.39 is 0 Å². The van der Waals surface area contributed by atoms with Crippen molar-refractivity contribution in [3.05, 3.63) is 71.2 Å². The van der Waals surface area contributed by atoms with Gasteiger partial charge < -0.3 is 5.32 Å². The minimum atomic E-state index is -0.201. The Hall–Kier alpha value is -2.42. The first-order valence-electron chi connectivity index (χ1n) is 6.98. The predicted octanol–water partition coefficient (Wildman–Crippen LogP) is 4.60. The van der Waals surface area contributed by atoms with Crippen molar-refractivity contribution in [1.29, 1.82) is 0 Å². The Bertz CT molecular complexity index is 796. The van der Waals surface area contributed by atoms with Gasteiger partial charge in [0.1, 0.15) is 5.82 Å². The summed E-state index contributed by atoms with van der Waals surface area (Å²) in [6.45, 7) is 4.64. The van der Waals surface area contributed by atoms with Gasteiger partial charge in [-0.05, 0) is 60.9 Å². The third kappa shape index (κ3) is 2.72. The summed E-state index contributed by atoms with van der Waals surface area (Å²) >= 11 is 0. The average molecular weight is 280 g/mol. The molecule has 1 aromatic heterocycles. The van der Waals surface area contributed by atoms with Gasteiger partial charge in [0.25, 0.3) is 0 Å². The van der Waals surface area contributed by atoms with Crippen LogP contribution < -0.4 is 5.32 Å². The molecule has 0 unspecified atom stereocenters. The van der Waals surface area contributed by atoms with Crippen molar-refractivity contribution in [2.75, 3.05) is 5.32 Å². The fraction of sp³-hybridized carbons (Fsp3) is 0.167. The van der Waals surface area contributed by atoms with Crippen LogP contribution in [0.25, 0.3) is 10.9 Å². The molecule has 2 aromatic carbocycles. The standard InChI is InChI=1S/C18H17FN2/c1-12-5-7-15(19)10-14(12)11-21-17-8-6-13(2)18-16(17)4-3-9-20-18/h3-10,21H,11H2,1-2H3. The van der Waals surface area contributed by atoms with Crippen LogP contribution in [0.4, 0.5) is 10.1 Å². The minimum Gasteiger partial charge on any atom is -0.380 e. The quantitative estimate of drug-likeness (QED) is 0.758. The molecule has 3 rings (SSSR count). The number of hydrogen-bond acceptors (Lipinski definition) is 2. The molecule has 0 amide bonds. The lowest BCUT2D eigenvalue weighted by molar-refractivity contribution is 0.625. The van der Waals surface area contributed by atoms with Crippen LogP contribution in [0.2, 0.25) is 0 Å². The smallest absolute Gasteiger partial charge is 0.123 e. The number of rotatable bonds is 3. The Morgan fingerprint density at radius 3 is 2.71 bits per heavy atom. The number of hydrogen-bond donors (Lipinski definition) is 1. The zero-order chi connectivity index (χ0) is 14.8. The van der Waals surface area contributed by atoms with Crippen molar-refractivity contribution in [3.8, 4) is 0 Å². The average Bonchev–Trinajstić information content (AvgIpc) is 2.50. The highest BCUT2D eigenvalue weighted by Crippen LogP contribution is 2.25. The molecular weight excluding hydrogens is 263 g/mol. The van der Waals surface area contributed by atoms with Gasteiger partial charge in [0, 0.05) is 23.8 Å². The Morgan fingerprint density at radius 1 is 1.05 bits per heavy atom. The zero-order valence-electron chi connectivity index (χ0n) is 12.2. The van der Waals surface area contributed by atoms with Crippen LogP contribution in [0.1, 0.15) is 16.7 Å². The maximum Gasteiger partial charge on any atom is 0.123 e. The molecule has 0 radical (unpaired) electrons. The molecule has 106 valence electrons. The second kappa shape index (κ2) is 5.52. The number of aryl methyl sites for hydroxylation is 2. The molecule has 3 aromatic rings. The highest BCUT2D eigenvalue weighted by atomic mass is 19.1. The summed E-state index contributed by atoms with van der Waals surface area (Å²) in [5.41, 5.74) is 5.22. The van der Waals surface area contributed by atoms with Gasteiger partial charge in [-0.1, -0.05) is 12.1 Å². The van der Waals surface area contributed by atoms with Gasteiger partial charge in [-0.15, -0.1) is 0 Å². The van der Waals surface area contributed by atoms with Crippen LogP contribution in [-0.4, -0.2) is 4.98 Å². The molecule has 0 atom stereocenters. The number of pyridine rings is 1. The first kappa shape index (κ1) is 13.6. The van der Waals surface area contributed by atoms with Crippen molar-refractivity contribution in [2.24, 2.45) is 0 Å². The van der Waals surface area contributed by atoms with E-state index in [0.717, 1.165) is 33.3 Å². The summed E-state index contributed by atoms with van der Waals surface area (Å²) in [7, 11) is 0. The predicted molar refractivity (Wildman–Crippen MR) is 84.9 cm³/mol. The van der Waals surface area contributed by atoms with Gasteiger partial charge in [-0.2, -0.15) is 0 Å². The van der Waals surface area contributed by atoms with Gasteiger partial charge in [0.2, 0.25) is 0 Å². The monoisotopic (exact) mass is 280 g/mol. The Labute approximate surface area is 123 Å². The van der Waals surface area contributed by atoms with E-state index in [0.29, 0.717) is 6.54 Å². The van der Waals surface area contributed by atoms with E-state index in [-0.39, 0.29) is 5.82 Å². The van der Waals surface area contributed by atoms with Gasteiger partial charge in [0.15, 0.2) is 0 Å². The lowest BCUT2D eigenvalue weighted by atomic mass is 10.1. The van der Waals surface area contributed by atoms with Gasteiger partial charge in [-0.25, -0.2) is 4.39 Å². The lowest BCUT2D eigenvalue weighted by Gasteiger charge is -2.12. The Balaban J connectivity index is 1.92. The normalized spacial score (nSPS) is 10.8. The van der Waals surface area contributed by atoms with E-state index >= 15 is 0 Å². The van der Waals surface area contributed by atoms with E-state index in [9.17, 15) is 4.39 Å². The van der Waals surface area contributed by atoms with E-state index in [1.807, 2.05) is 19.1 Å². The maximum absolute atomic E-state index is 13.3. The third-order valence-corrected chi connectivity index (χ3v) is 3.75. The third-order valence-electron chi connectivity index (χ3n) is 3.75. The van der Waals surface area contributed by atoms with Gasteiger partial charge >= 0.3 is 0 Å². The van der Waals surface area contributed by atoms with Crippen LogP contribution in [0.5, 0.6) is 0 Å². The molecule has 0 spiro atoms. The van der Waals surface area contributed by atoms with E-state index in [2.05, 4.69) is 29.4 Å². The largest absolute Gasteiger partial charge is 0.380 e. The molecule has 0 fully saturated rings. The van der Waals surface area contributed by atoms with Crippen molar-refractivity contribution in [2.45, 2.75) is 20.4 Å². The van der Waals surface area contributed by atoms with E-state index in [1.165, 1.54) is 6.07 Å². The second-order valence-corrected chi connectivity index (χ2v) is 5.25. The molecule has 21 heavy (non-hydrogen) atoms. The molecule has 1 heterocycles. The highest BCUT2D eigenvalue weighted by molar-refractivity contribution is 5.93. The number of nitrogens with zero attached hydrogens (tertiary/aromatic N) is 1. The number of halogens is 1. The molecule has 3 heteroatoms. The number of nitrogens with one attached hydrogen (secondary N) is 1. The second-order valence-electron chi connectivity index (χ2n) is 5.25. The molecule has 2 nitrogen and oxygen atoms in total. The summed E-state index contributed by atoms with van der Waals surface area (Å²) in [5.74, 6) is -0.201. The van der Waals surface area contributed by atoms with Crippen LogP contribution in [0.15, 0.2) is 48.7 Å². The van der Waals surface area contributed by atoms with Crippen molar-refractivity contribution in [3.63, 3.8) is 0 Å². The molecule has 0 aliphatic heterocycles. The topological polar surface area (TPSA) is 24.9 Å². The minimum absolute atomic E-state index is 0.201. The summed E-state index contributed by atoms with van der Waals surface area (Å²) in [6, 6.07) is 13.0. The summed E-state index contributed by atoms with van der Waals surface area (Å²) in [5, 5.41) is 4.48. The summed E-state index contributed by atoms with van der Waals surface area (Å²) in [4.78, 5) is 4.43. The van der Waals surface area contributed by atoms with Gasteiger partial charge in [-0.3, -0.25) is 4.98 Å². The number of fused-ring (bicyclic) bond motifs is 1. The van der Waals surface area contributed by atoms with Crippen LogP contribution in [0.3, 0.4) is 0 Å². The Kier molecular flexibility index (Phi) is 3.57. The van der Waals surface area contributed by atoms with E-state index in [4.69, 9.17) is 0 Å². The number of benzene rings is 2. The fourth-order valence-corrected chi connectivity index (χ4v) is 2.49. The zero-order valence-corrected chi connectivity index (χ0v) is 12.2. The van der Waals surface area contributed by atoms with Crippen LogP contribution in [0, 0.1) is 19.7 Å². The fourth-order valence-electron chi connectivity index (χ4n) is 2.49. The van der Waals surface area contributed by atoms with Crippen LogP contribution in [-0.2, 0) is 6.54 Å². The Morgan fingerprint density at radius 2 is 1.86 bits per heavy atom. The summed E-state index contributed by atoms with van der Waals surface area (Å²) in [6.07, 6.45) is 1.80. The molecular formula is C18H17FN2. The molecule has 0 aliphatic rings. The first-order valence-corrected chi connectivity index (χ1v) is 6.98. The van der Waals surface area contributed by atoms with E-state index in [1.54, 1.807) is 18.3 Å². The number of anilines is 1. The lowest BCUT2D eigenvalue weighted by Crippen LogP contribution is -2.03. The first-order chi connectivity index (χ1) is 10.1. The van der Waals surface area contributed by atoms with Gasteiger partial charge in [0.05, 0.1) is 5.52 Å². The van der Waals surface area contributed by atoms with Crippen molar-refractivity contribution in [1.82, 2.24) is 4.98 Å². The SMILES string of the molecule is Cc1ccc(F)cc1CNc1ccc(C)c2ncccc12. The molecule has 1 N–H and O–H groups in total. The van der Waals surface area contributed by atoms with Crippen molar-refractivity contribution < 1.29 is 4.39 Å². The molecule has 0 saturated carbocycles. The molecule has 0 bridgehead atoms. The highest BCUT2D eigenvalue weighted by Gasteiger charge is 2.05. The van der Waals surface area contributed by atoms with Crippen molar-refractivity contribution >= 4 is 16.6 Å². The molecule has 0 saturated heterocycles.